The van der Waals surface area contributed by atoms with E-state index in [1.165, 1.54) is 16.6 Å². The van der Waals surface area contributed by atoms with Crippen molar-refractivity contribution in [3.8, 4) is 6.07 Å². The predicted octanol–water partition coefficient (Wildman–Crippen LogP) is 6.63. The minimum Gasteiger partial charge on any atom is -0.326 e. The fourth-order valence-electron chi connectivity index (χ4n) is 4.45. The summed E-state index contributed by atoms with van der Waals surface area (Å²) in [6.45, 7) is 8.83. The highest BCUT2D eigenvalue weighted by Crippen LogP contribution is 2.44. The van der Waals surface area contributed by atoms with E-state index in [2.05, 4.69) is 37.5 Å². The Morgan fingerprint density at radius 3 is 2.65 bits per heavy atom. The van der Waals surface area contributed by atoms with Gasteiger partial charge in [-0.05, 0) is 73.6 Å². The number of thiophene rings is 1. The number of benzene rings is 1. The number of carbonyl (C=O) groups is 2. The number of nitrogens with one attached hydrogen (secondary N) is 2. The zero-order valence-electron chi connectivity index (χ0n) is 20.4. The fraction of sp³-hybridized carbons (Fsp3) is 0.519. The summed E-state index contributed by atoms with van der Waals surface area (Å²) < 4.78 is 0. The molecule has 0 saturated heterocycles. The summed E-state index contributed by atoms with van der Waals surface area (Å²) in [5.41, 5.74) is 2.77. The van der Waals surface area contributed by atoms with Gasteiger partial charge in [0.05, 0.1) is 10.8 Å². The summed E-state index contributed by atoms with van der Waals surface area (Å²) in [5.74, 6) is 0.726. The van der Waals surface area contributed by atoms with E-state index in [0.29, 0.717) is 22.9 Å². The van der Waals surface area contributed by atoms with Crippen LogP contribution in [0.25, 0.3) is 0 Å². The number of nitrogens with zero attached hydrogens (tertiary/aromatic N) is 1. The van der Waals surface area contributed by atoms with Crippen LogP contribution >= 0.6 is 23.1 Å². The topological polar surface area (TPSA) is 82.0 Å². The molecule has 0 spiro atoms. The number of rotatable bonds is 7. The number of carbonyl (C=O) groups excluding carboxylic acids is 2. The van der Waals surface area contributed by atoms with Crippen LogP contribution in [0.1, 0.15) is 69.4 Å². The third-order valence-corrected chi connectivity index (χ3v) is 9.36. The Balaban J connectivity index is 1.45. The lowest BCUT2D eigenvalue weighted by Gasteiger charge is -2.33. The van der Waals surface area contributed by atoms with Gasteiger partial charge in [-0.25, -0.2) is 0 Å². The largest absolute Gasteiger partial charge is 0.326 e. The number of amides is 2. The molecular formula is C27H33N3O2S2. The molecule has 0 radical (unpaired) electrons. The maximum Gasteiger partial charge on any atom is 0.238 e. The maximum absolute atomic E-state index is 13.2. The number of thioether (sulfide) groups is 1. The molecule has 1 aromatic carbocycles. The predicted molar refractivity (Wildman–Crippen MR) is 140 cm³/mol. The summed E-state index contributed by atoms with van der Waals surface area (Å²) in [6.07, 6.45) is 5.54. The standard InChI is InChI=1S/C27H33N3O2S2/c1-5-22(33-19-8-6-7-18(14-19)29-24(31)16-9-10-16)25(32)30-26-21(15-28)20-12-11-17(27(2,3)4)13-23(20)34-26/h6-8,14,16-17,22H,5,9-13H2,1-4H3,(H,29,31)(H,30,32). The molecule has 0 bridgehead atoms. The minimum absolute atomic E-state index is 0.0753. The third-order valence-electron chi connectivity index (χ3n) is 6.83. The number of hydrogen-bond donors (Lipinski definition) is 2. The Kier molecular flexibility index (Phi) is 7.39. The van der Waals surface area contributed by atoms with Gasteiger partial charge >= 0.3 is 0 Å². The Labute approximate surface area is 210 Å². The zero-order chi connectivity index (χ0) is 24.5. The van der Waals surface area contributed by atoms with Crippen molar-refractivity contribution in [2.45, 2.75) is 76.4 Å². The van der Waals surface area contributed by atoms with Crippen molar-refractivity contribution in [1.29, 1.82) is 5.26 Å². The second kappa shape index (κ2) is 10.1. The Morgan fingerprint density at radius 1 is 1.24 bits per heavy atom. The lowest BCUT2D eigenvalue weighted by Crippen LogP contribution is -2.26. The van der Waals surface area contributed by atoms with Crippen molar-refractivity contribution in [3.05, 3.63) is 40.3 Å². The lowest BCUT2D eigenvalue weighted by atomic mass is 9.72. The molecule has 180 valence electrons. The lowest BCUT2D eigenvalue weighted by molar-refractivity contribution is -0.117. The van der Waals surface area contributed by atoms with Crippen LogP contribution in [-0.2, 0) is 22.4 Å². The van der Waals surface area contributed by atoms with Crippen molar-refractivity contribution in [1.82, 2.24) is 0 Å². The molecule has 2 unspecified atom stereocenters. The maximum atomic E-state index is 13.2. The normalized spacial score (nSPS) is 18.5. The SMILES string of the molecule is CCC(Sc1cccc(NC(=O)C2CC2)c1)C(=O)Nc1sc2c(c1C#N)CCC(C(C)(C)C)C2. The van der Waals surface area contributed by atoms with Crippen molar-refractivity contribution >= 4 is 45.6 Å². The van der Waals surface area contributed by atoms with Gasteiger partial charge in [-0.3, -0.25) is 9.59 Å². The fourth-order valence-corrected chi connectivity index (χ4v) is 6.74. The molecule has 2 atom stereocenters. The Bertz CT molecular complexity index is 1120. The first-order chi connectivity index (χ1) is 16.2. The van der Waals surface area contributed by atoms with Crippen LogP contribution in [0.4, 0.5) is 10.7 Å². The quantitative estimate of drug-likeness (QED) is 0.422. The van der Waals surface area contributed by atoms with Gasteiger partial charge in [0.2, 0.25) is 11.8 Å². The average molecular weight is 496 g/mol. The molecule has 0 aliphatic heterocycles. The van der Waals surface area contributed by atoms with Gasteiger partial charge in [0.15, 0.2) is 0 Å². The van der Waals surface area contributed by atoms with E-state index in [9.17, 15) is 14.9 Å². The van der Waals surface area contributed by atoms with E-state index in [-0.39, 0.29) is 28.4 Å². The number of nitriles is 1. The molecule has 4 rings (SSSR count). The van der Waals surface area contributed by atoms with Gasteiger partial charge in [0, 0.05) is 21.4 Å². The molecule has 1 saturated carbocycles. The third kappa shape index (κ3) is 5.67. The minimum atomic E-state index is -0.289. The second-order valence-electron chi connectivity index (χ2n) is 10.4. The molecule has 1 aromatic heterocycles. The number of hydrogen-bond acceptors (Lipinski definition) is 5. The van der Waals surface area contributed by atoms with Crippen LogP contribution in [0.5, 0.6) is 0 Å². The van der Waals surface area contributed by atoms with E-state index >= 15 is 0 Å². The molecule has 7 heteroatoms. The molecule has 2 aliphatic carbocycles. The van der Waals surface area contributed by atoms with Crippen LogP contribution in [0, 0.1) is 28.6 Å². The first-order valence-corrected chi connectivity index (χ1v) is 13.8. The summed E-state index contributed by atoms with van der Waals surface area (Å²) in [6, 6.07) is 10.0. The summed E-state index contributed by atoms with van der Waals surface area (Å²) in [4.78, 5) is 27.5. The smallest absolute Gasteiger partial charge is 0.238 e. The van der Waals surface area contributed by atoms with Gasteiger partial charge < -0.3 is 10.6 Å². The van der Waals surface area contributed by atoms with E-state index < -0.39 is 0 Å². The van der Waals surface area contributed by atoms with Crippen molar-refractivity contribution in [3.63, 3.8) is 0 Å². The highest BCUT2D eigenvalue weighted by atomic mass is 32.2. The zero-order valence-corrected chi connectivity index (χ0v) is 22.0. The molecule has 5 nitrogen and oxygen atoms in total. The summed E-state index contributed by atoms with van der Waals surface area (Å²) >= 11 is 3.07. The van der Waals surface area contributed by atoms with E-state index in [1.54, 1.807) is 11.3 Å². The van der Waals surface area contributed by atoms with Crippen LogP contribution in [0.15, 0.2) is 29.2 Å². The van der Waals surface area contributed by atoms with Crippen LogP contribution < -0.4 is 10.6 Å². The Hall–Kier alpha value is -2.30. The van der Waals surface area contributed by atoms with Crippen LogP contribution in [0.3, 0.4) is 0 Å². The van der Waals surface area contributed by atoms with E-state index in [1.807, 2.05) is 31.2 Å². The monoisotopic (exact) mass is 495 g/mol. The average Bonchev–Trinajstić information content (AvgIpc) is 3.58. The summed E-state index contributed by atoms with van der Waals surface area (Å²) in [7, 11) is 0. The highest BCUT2D eigenvalue weighted by molar-refractivity contribution is 8.00. The molecule has 1 fully saturated rings. The number of fused-ring (bicyclic) bond motifs is 1. The van der Waals surface area contributed by atoms with Gasteiger partial charge in [-0.15, -0.1) is 23.1 Å². The van der Waals surface area contributed by atoms with Gasteiger partial charge in [-0.1, -0.05) is 33.8 Å². The van der Waals surface area contributed by atoms with E-state index in [0.717, 1.165) is 48.3 Å². The molecule has 2 amide bonds. The highest BCUT2D eigenvalue weighted by Gasteiger charge is 2.33. The van der Waals surface area contributed by atoms with Crippen LogP contribution in [0.2, 0.25) is 0 Å². The Morgan fingerprint density at radius 2 is 2.00 bits per heavy atom. The van der Waals surface area contributed by atoms with Crippen molar-refractivity contribution in [2.24, 2.45) is 17.3 Å². The molecule has 2 aliphatic rings. The molecular weight excluding hydrogens is 462 g/mol. The van der Waals surface area contributed by atoms with Crippen molar-refractivity contribution in [2.75, 3.05) is 10.6 Å². The first kappa shape index (κ1) is 24.8. The van der Waals surface area contributed by atoms with Gasteiger partial charge in [0.25, 0.3) is 0 Å². The van der Waals surface area contributed by atoms with E-state index in [4.69, 9.17) is 0 Å². The van der Waals surface area contributed by atoms with Crippen LogP contribution in [-0.4, -0.2) is 17.1 Å². The number of anilines is 2. The van der Waals surface area contributed by atoms with Gasteiger partial charge in [0.1, 0.15) is 11.1 Å². The first-order valence-electron chi connectivity index (χ1n) is 12.1. The second-order valence-corrected chi connectivity index (χ2v) is 12.8. The van der Waals surface area contributed by atoms with Crippen molar-refractivity contribution < 1.29 is 9.59 Å². The molecule has 2 aromatic rings. The molecule has 34 heavy (non-hydrogen) atoms. The molecule has 2 N–H and O–H groups in total. The summed E-state index contributed by atoms with van der Waals surface area (Å²) in [5, 5.41) is 16.3. The van der Waals surface area contributed by atoms with Gasteiger partial charge in [-0.2, -0.15) is 5.26 Å². The molecule has 1 heterocycles.